The lowest BCUT2D eigenvalue weighted by atomic mass is 10.0. The fourth-order valence-corrected chi connectivity index (χ4v) is 2.70. The summed E-state index contributed by atoms with van der Waals surface area (Å²) in [5, 5.41) is 3.34. The molecule has 0 fully saturated rings. The summed E-state index contributed by atoms with van der Waals surface area (Å²) in [7, 11) is 3.63. The molecule has 0 aliphatic carbocycles. The van der Waals surface area contributed by atoms with Crippen molar-refractivity contribution in [1.29, 1.82) is 0 Å². The third-order valence-corrected chi connectivity index (χ3v) is 3.76. The molecule has 0 spiro atoms. The van der Waals surface area contributed by atoms with E-state index in [0.29, 0.717) is 0 Å². The predicted octanol–water partition coefficient (Wildman–Crippen LogP) is 3.37. The van der Waals surface area contributed by atoms with Crippen LogP contribution >= 0.6 is 15.9 Å². The number of aromatic nitrogens is 2. The van der Waals surface area contributed by atoms with Crippen LogP contribution in [0.25, 0.3) is 0 Å². The number of ether oxygens (including phenoxy) is 1. The van der Waals surface area contributed by atoms with Gasteiger partial charge in [0.05, 0.1) is 13.2 Å². The number of aryl methyl sites for hydroxylation is 1. The van der Waals surface area contributed by atoms with E-state index in [1.54, 1.807) is 7.11 Å². The maximum atomic E-state index is 5.50. The number of rotatable bonds is 6. The lowest BCUT2D eigenvalue weighted by Crippen LogP contribution is -2.22. The Kier molecular flexibility index (Phi) is 5.20. The maximum absolute atomic E-state index is 5.50. The normalized spacial score (nSPS) is 12.4. The zero-order chi connectivity index (χ0) is 14.5. The highest BCUT2D eigenvalue weighted by molar-refractivity contribution is 9.10. The van der Waals surface area contributed by atoms with Crippen LogP contribution in [0.5, 0.6) is 5.75 Å². The molecule has 5 heteroatoms. The molecule has 1 atom stereocenters. The summed E-state index contributed by atoms with van der Waals surface area (Å²) in [5.74, 6) is 1.86. The Hall–Kier alpha value is -1.33. The van der Waals surface area contributed by atoms with Crippen molar-refractivity contribution < 1.29 is 4.74 Å². The van der Waals surface area contributed by atoms with Crippen molar-refractivity contribution in [3.05, 3.63) is 46.5 Å². The Morgan fingerprint density at radius 3 is 2.90 bits per heavy atom. The minimum absolute atomic E-state index is 0.0135. The molecule has 0 amide bonds. The molecule has 1 unspecified atom stereocenters. The van der Waals surface area contributed by atoms with E-state index in [2.05, 4.69) is 43.8 Å². The van der Waals surface area contributed by atoms with Crippen molar-refractivity contribution in [2.24, 2.45) is 0 Å². The number of nitrogens with one attached hydrogen (secondary N) is 1. The van der Waals surface area contributed by atoms with Crippen LogP contribution in [0, 0.1) is 0 Å². The Morgan fingerprint density at radius 2 is 2.25 bits per heavy atom. The summed E-state index contributed by atoms with van der Waals surface area (Å²) < 4.78 is 8.69. The van der Waals surface area contributed by atoms with Crippen LogP contribution in [-0.4, -0.2) is 23.7 Å². The van der Waals surface area contributed by atoms with E-state index in [1.807, 2.05) is 31.6 Å². The monoisotopic (exact) mass is 337 g/mol. The number of nitrogens with zero attached hydrogens (tertiary/aromatic N) is 2. The molecule has 0 saturated carbocycles. The van der Waals surface area contributed by atoms with Crippen molar-refractivity contribution >= 4 is 15.9 Å². The third-order valence-electron chi connectivity index (χ3n) is 3.27. The van der Waals surface area contributed by atoms with Gasteiger partial charge < -0.3 is 14.6 Å². The minimum Gasteiger partial charge on any atom is -0.496 e. The van der Waals surface area contributed by atoms with Gasteiger partial charge in [-0.2, -0.15) is 0 Å². The van der Waals surface area contributed by atoms with Gasteiger partial charge in [-0.25, -0.2) is 4.98 Å². The molecule has 2 aromatic rings. The highest BCUT2D eigenvalue weighted by Gasteiger charge is 2.21. The van der Waals surface area contributed by atoms with Gasteiger partial charge in [0.15, 0.2) is 0 Å². The first-order valence-electron chi connectivity index (χ1n) is 6.73. The van der Waals surface area contributed by atoms with Crippen LogP contribution in [0.2, 0.25) is 0 Å². The average Bonchev–Trinajstić information content (AvgIpc) is 2.90. The third kappa shape index (κ3) is 3.04. The Morgan fingerprint density at radius 1 is 1.45 bits per heavy atom. The van der Waals surface area contributed by atoms with Crippen LogP contribution in [0.1, 0.15) is 30.8 Å². The molecule has 4 nitrogen and oxygen atoms in total. The van der Waals surface area contributed by atoms with E-state index in [4.69, 9.17) is 4.74 Å². The molecule has 1 N–H and O–H groups in total. The molecule has 2 rings (SSSR count). The van der Waals surface area contributed by atoms with Crippen LogP contribution in [-0.2, 0) is 6.54 Å². The first kappa shape index (κ1) is 15.1. The van der Waals surface area contributed by atoms with Crippen LogP contribution in [0.15, 0.2) is 35.1 Å². The fraction of sp³-hybridized carbons (Fsp3) is 0.400. The predicted molar refractivity (Wildman–Crippen MR) is 84.1 cm³/mol. The van der Waals surface area contributed by atoms with Gasteiger partial charge in [-0.1, -0.05) is 28.9 Å². The van der Waals surface area contributed by atoms with Crippen LogP contribution in [0.3, 0.4) is 0 Å². The molecule has 0 aliphatic heterocycles. The molecule has 1 heterocycles. The van der Waals surface area contributed by atoms with E-state index in [-0.39, 0.29) is 6.04 Å². The second-order valence-electron chi connectivity index (χ2n) is 4.59. The van der Waals surface area contributed by atoms with E-state index in [0.717, 1.165) is 34.6 Å². The Balaban J connectivity index is 2.44. The molecule has 1 aromatic heterocycles. The molecule has 20 heavy (non-hydrogen) atoms. The summed E-state index contributed by atoms with van der Waals surface area (Å²) >= 11 is 3.47. The van der Waals surface area contributed by atoms with Gasteiger partial charge in [0.1, 0.15) is 11.6 Å². The number of benzene rings is 1. The molecule has 0 aliphatic rings. The summed E-state index contributed by atoms with van der Waals surface area (Å²) in [5.41, 5.74) is 1.08. The highest BCUT2D eigenvalue weighted by atomic mass is 79.9. The van der Waals surface area contributed by atoms with Gasteiger partial charge in [0, 0.05) is 29.0 Å². The van der Waals surface area contributed by atoms with E-state index >= 15 is 0 Å². The second-order valence-corrected chi connectivity index (χ2v) is 5.50. The molecule has 0 bridgehead atoms. The molecule has 0 saturated heterocycles. The molecular formula is C15H20BrN3O. The second kappa shape index (κ2) is 6.90. The van der Waals surface area contributed by atoms with Gasteiger partial charge in [-0.05, 0) is 25.6 Å². The lowest BCUT2D eigenvalue weighted by molar-refractivity contribution is 0.403. The topological polar surface area (TPSA) is 39.1 Å². The van der Waals surface area contributed by atoms with Crippen LogP contribution in [0.4, 0.5) is 0 Å². The van der Waals surface area contributed by atoms with Gasteiger partial charge in [0.25, 0.3) is 0 Å². The summed E-state index contributed by atoms with van der Waals surface area (Å²) in [6, 6.07) is 6.08. The lowest BCUT2D eigenvalue weighted by Gasteiger charge is -2.20. The maximum Gasteiger partial charge on any atom is 0.130 e. The van der Waals surface area contributed by atoms with Crippen molar-refractivity contribution in [3.8, 4) is 5.75 Å². The Bertz CT molecular complexity index is 568. The Labute approximate surface area is 128 Å². The van der Waals surface area contributed by atoms with Crippen LogP contribution < -0.4 is 10.1 Å². The highest BCUT2D eigenvalue weighted by Crippen LogP contribution is 2.31. The quantitative estimate of drug-likeness (QED) is 0.878. The summed E-state index contributed by atoms with van der Waals surface area (Å²) in [6.45, 7) is 3.13. The van der Waals surface area contributed by atoms with Crippen molar-refractivity contribution in [2.75, 3.05) is 14.2 Å². The number of hydrogen-bond acceptors (Lipinski definition) is 3. The van der Waals surface area contributed by atoms with Gasteiger partial charge in [-0.15, -0.1) is 0 Å². The molecule has 108 valence electrons. The number of methoxy groups -OCH3 is 1. The molecular weight excluding hydrogens is 318 g/mol. The zero-order valence-electron chi connectivity index (χ0n) is 12.1. The van der Waals surface area contributed by atoms with Gasteiger partial charge >= 0.3 is 0 Å². The first-order chi connectivity index (χ1) is 9.71. The van der Waals surface area contributed by atoms with Gasteiger partial charge in [-0.3, -0.25) is 0 Å². The summed E-state index contributed by atoms with van der Waals surface area (Å²) in [4.78, 5) is 4.51. The fourth-order valence-electron chi connectivity index (χ4n) is 2.36. The van der Waals surface area contributed by atoms with Crippen molar-refractivity contribution in [3.63, 3.8) is 0 Å². The largest absolute Gasteiger partial charge is 0.496 e. The summed E-state index contributed by atoms with van der Waals surface area (Å²) in [6.07, 6.45) is 4.95. The van der Waals surface area contributed by atoms with Crippen molar-refractivity contribution in [1.82, 2.24) is 14.9 Å². The zero-order valence-corrected chi connectivity index (χ0v) is 13.6. The first-order valence-corrected chi connectivity index (χ1v) is 7.52. The standard InChI is InChI=1S/C15H20BrN3O/c1-4-8-19-9-7-18-15(19)14(17-2)12-6-5-11(16)10-13(12)20-3/h5-7,9-10,14,17H,4,8H2,1-3H3. The number of hydrogen-bond donors (Lipinski definition) is 1. The molecule has 0 radical (unpaired) electrons. The van der Waals surface area contributed by atoms with E-state index < -0.39 is 0 Å². The number of halogens is 1. The number of imidazole rings is 1. The van der Waals surface area contributed by atoms with Gasteiger partial charge in [0.2, 0.25) is 0 Å². The smallest absolute Gasteiger partial charge is 0.130 e. The van der Waals surface area contributed by atoms with E-state index in [9.17, 15) is 0 Å². The minimum atomic E-state index is 0.0135. The molecule has 1 aromatic carbocycles. The van der Waals surface area contributed by atoms with E-state index in [1.165, 1.54) is 0 Å². The SMILES string of the molecule is CCCn1ccnc1C(NC)c1ccc(Br)cc1OC. The average molecular weight is 338 g/mol. The van der Waals surface area contributed by atoms with Crippen molar-refractivity contribution in [2.45, 2.75) is 25.9 Å².